The van der Waals surface area contributed by atoms with Crippen LogP contribution in [-0.2, 0) is 0 Å². The topological polar surface area (TPSA) is 56.8 Å². The lowest BCUT2D eigenvalue weighted by atomic mass is 10.1. The molecule has 2 rings (SSSR count). The number of benzene rings is 2. The number of hydrogen-bond acceptors (Lipinski definition) is 4. The first-order chi connectivity index (χ1) is 13.0. The molecule has 2 aromatic carbocycles. The summed E-state index contributed by atoms with van der Waals surface area (Å²) in [5, 5.41) is 3.61. The van der Waals surface area contributed by atoms with Crippen LogP contribution in [0, 0.1) is 0 Å². The van der Waals surface area contributed by atoms with Gasteiger partial charge in [0.2, 0.25) is 5.75 Å². The van der Waals surface area contributed by atoms with Gasteiger partial charge in [-0.05, 0) is 57.5 Å². The molecular weight excluding hydrogens is 366 g/mol. The second-order valence-electron chi connectivity index (χ2n) is 5.85. The van der Waals surface area contributed by atoms with E-state index in [4.69, 9.17) is 25.8 Å². The molecule has 1 atom stereocenters. The van der Waals surface area contributed by atoms with Crippen LogP contribution in [0.25, 0.3) is 0 Å². The Balaban J connectivity index is 2.31. The van der Waals surface area contributed by atoms with E-state index >= 15 is 0 Å². The molecule has 0 bridgehead atoms. The molecule has 0 aliphatic rings. The van der Waals surface area contributed by atoms with Gasteiger partial charge in [0.25, 0.3) is 5.91 Å². The summed E-state index contributed by atoms with van der Waals surface area (Å²) in [4.78, 5) is 12.8. The minimum absolute atomic E-state index is 0.200. The molecule has 0 heterocycles. The molecule has 27 heavy (non-hydrogen) atoms. The van der Waals surface area contributed by atoms with Crippen LogP contribution in [-0.4, -0.2) is 25.7 Å². The van der Waals surface area contributed by atoms with Gasteiger partial charge in [-0.15, -0.1) is 0 Å². The fraction of sp³-hybridized carbons (Fsp3) is 0.381. The molecule has 0 spiro atoms. The van der Waals surface area contributed by atoms with Crippen molar-refractivity contribution in [2.24, 2.45) is 0 Å². The number of ether oxygens (including phenoxy) is 3. The average Bonchev–Trinajstić information content (AvgIpc) is 2.64. The Morgan fingerprint density at radius 1 is 1.00 bits per heavy atom. The molecule has 1 amide bonds. The van der Waals surface area contributed by atoms with Crippen LogP contribution in [0.1, 0.15) is 49.7 Å². The maximum atomic E-state index is 12.8. The zero-order valence-corrected chi connectivity index (χ0v) is 16.9. The lowest BCUT2D eigenvalue weighted by molar-refractivity contribution is 0.0938. The van der Waals surface area contributed by atoms with Crippen molar-refractivity contribution in [3.63, 3.8) is 0 Å². The normalized spacial score (nSPS) is 11.6. The van der Waals surface area contributed by atoms with Gasteiger partial charge in [-0.2, -0.15) is 0 Å². The maximum absolute atomic E-state index is 12.8. The van der Waals surface area contributed by atoms with Crippen LogP contribution in [0.3, 0.4) is 0 Å². The Hall–Kier alpha value is -2.40. The Bertz CT molecular complexity index is 752. The molecule has 0 saturated heterocycles. The molecule has 1 unspecified atom stereocenters. The van der Waals surface area contributed by atoms with E-state index in [1.165, 1.54) is 0 Å². The minimum atomic E-state index is -0.229. The van der Waals surface area contributed by atoms with Gasteiger partial charge in [0, 0.05) is 10.6 Å². The van der Waals surface area contributed by atoms with Crippen LogP contribution in [0.15, 0.2) is 36.4 Å². The van der Waals surface area contributed by atoms with Crippen molar-refractivity contribution in [3.8, 4) is 17.2 Å². The van der Waals surface area contributed by atoms with E-state index in [1.54, 1.807) is 18.2 Å². The third kappa shape index (κ3) is 5.54. The Morgan fingerprint density at radius 2 is 1.59 bits per heavy atom. The quantitative estimate of drug-likeness (QED) is 0.651. The summed E-state index contributed by atoms with van der Waals surface area (Å²) in [6.07, 6.45) is 0. The Morgan fingerprint density at radius 3 is 2.11 bits per heavy atom. The summed E-state index contributed by atoms with van der Waals surface area (Å²) in [6.45, 7) is 8.93. The molecule has 5 nitrogen and oxygen atoms in total. The van der Waals surface area contributed by atoms with E-state index in [0.29, 0.717) is 47.7 Å². The molecule has 0 aliphatic carbocycles. The van der Waals surface area contributed by atoms with E-state index in [0.717, 1.165) is 5.56 Å². The fourth-order valence-electron chi connectivity index (χ4n) is 2.66. The zero-order valence-electron chi connectivity index (χ0n) is 16.2. The number of hydrogen-bond donors (Lipinski definition) is 1. The second-order valence-corrected chi connectivity index (χ2v) is 6.29. The number of nitrogens with one attached hydrogen (secondary N) is 1. The van der Waals surface area contributed by atoms with Gasteiger partial charge in [0.1, 0.15) is 0 Å². The van der Waals surface area contributed by atoms with Gasteiger partial charge in [0.15, 0.2) is 11.5 Å². The highest BCUT2D eigenvalue weighted by molar-refractivity contribution is 6.30. The number of halogens is 1. The number of carbonyl (C=O) groups is 1. The first-order valence-corrected chi connectivity index (χ1v) is 9.50. The molecule has 6 heteroatoms. The Labute approximate surface area is 165 Å². The van der Waals surface area contributed by atoms with Crippen molar-refractivity contribution in [3.05, 3.63) is 52.5 Å². The second kappa shape index (κ2) is 10.1. The Kier molecular flexibility index (Phi) is 7.80. The van der Waals surface area contributed by atoms with Crippen molar-refractivity contribution in [2.75, 3.05) is 19.8 Å². The van der Waals surface area contributed by atoms with Gasteiger partial charge >= 0.3 is 0 Å². The SMILES string of the molecule is CCOc1cc(C(=O)NC(C)c2cccc(Cl)c2)cc(OCC)c1OCC. The van der Waals surface area contributed by atoms with E-state index in [2.05, 4.69) is 5.32 Å². The highest BCUT2D eigenvalue weighted by atomic mass is 35.5. The molecule has 0 fully saturated rings. The van der Waals surface area contributed by atoms with Crippen molar-refractivity contribution in [1.82, 2.24) is 5.32 Å². The monoisotopic (exact) mass is 391 g/mol. The standard InChI is InChI=1S/C21H26ClNO4/c1-5-25-18-12-16(13-19(26-6-2)20(18)27-7-3)21(24)23-14(4)15-9-8-10-17(22)11-15/h8-14H,5-7H2,1-4H3,(H,23,24). The summed E-state index contributed by atoms with van der Waals surface area (Å²) in [5.74, 6) is 1.27. The summed E-state index contributed by atoms with van der Waals surface area (Å²) in [6, 6.07) is 10.6. The van der Waals surface area contributed by atoms with E-state index in [9.17, 15) is 4.79 Å². The van der Waals surface area contributed by atoms with Crippen molar-refractivity contribution in [2.45, 2.75) is 33.7 Å². The van der Waals surface area contributed by atoms with E-state index in [-0.39, 0.29) is 11.9 Å². The van der Waals surface area contributed by atoms with Crippen LogP contribution in [0.4, 0.5) is 0 Å². The lowest BCUT2D eigenvalue weighted by Gasteiger charge is -2.18. The molecule has 0 aliphatic heterocycles. The van der Waals surface area contributed by atoms with Crippen molar-refractivity contribution < 1.29 is 19.0 Å². The first-order valence-electron chi connectivity index (χ1n) is 9.12. The van der Waals surface area contributed by atoms with Crippen LogP contribution < -0.4 is 19.5 Å². The van der Waals surface area contributed by atoms with Crippen molar-refractivity contribution in [1.29, 1.82) is 0 Å². The number of rotatable bonds is 9. The van der Waals surface area contributed by atoms with Gasteiger partial charge in [0.05, 0.1) is 25.9 Å². The third-order valence-electron chi connectivity index (χ3n) is 3.87. The predicted octanol–water partition coefficient (Wildman–Crippen LogP) is 5.03. The molecule has 1 N–H and O–H groups in total. The van der Waals surface area contributed by atoms with Crippen LogP contribution >= 0.6 is 11.6 Å². The molecule has 2 aromatic rings. The molecule has 0 aromatic heterocycles. The van der Waals surface area contributed by atoms with Crippen molar-refractivity contribution >= 4 is 17.5 Å². The van der Waals surface area contributed by atoms with Crippen LogP contribution in [0.5, 0.6) is 17.2 Å². The predicted molar refractivity (Wildman–Crippen MR) is 107 cm³/mol. The lowest BCUT2D eigenvalue weighted by Crippen LogP contribution is -2.26. The highest BCUT2D eigenvalue weighted by Crippen LogP contribution is 2.39. The van der Waals surface area contributed by atoms with Gasteiger partial charge in [-0.1, -0.05) is 23.7 Å². The van der Waals surface area contributed by atoms with E-state index < -0.39 is 0 Å². The molecule has 0 saturated carbocycles. The summed E-state index contributed by atoms with van der Waals surface area (Å²) in [5.41, 5.74) is 1.37. The van der Waals surface area contributed by atoms with Gasteiger partial charge in [-0.25, -0.2) is 0 Å². The highest BCUT2D eigenvalue weighted by Gasteiger charge is 2.19. The minimum Gasteiger partial charge on any atom is -0.490 e. The largest absolute Gasteiger partial charge is 0.490 e. The summed E-state index contributed by atoms with van der Waals surface area (Å²) in [7, 11) is 0. The number of amides is 1. The average molecular weight is 392 g/mol. The van der Waals surface area contributed by atoms with Gasteiger partial charge < -0.3 is 19.5 Å². The zero-order chi connectivity index (χ0) is 19.8. The maximum Gasteiger partial charge on any atom is 0.252 e. The third-order valence-corrected chi connectivity index (χ3v) is 4.10. The van der Waals surface area contributed by atoms with Gasteiger partial charge in [-0.3, -0.25) is 4.79 Å². The molecule has 146 valence electrons. The first kappa shape index (κ1) is 20.9. The van der Waals surface area contributed by atoms with Crippen LogP contribution in [0.2, 0.25) is 5.02 Å². The summed E-state index contributed by atoms with van der Waals surface area (Å²) >= 11 is 6.04. The smallest absolute Gasteiger partial charge is 0.252 e. The summed E-state index contributed by atoms with van der Waals surface area (Å²) < 4.78 is 17.0. The number of carbonyl (C=O) groups excluding carboxylic acids is 1. The fourth-order valence-corrected chi connectivity index (χ4v) is 2.86. The molecular formula is C21H26ClNO4. The van der Waals surface area contributed by atoms with E-state index in [1.807, 2.05) is 45.9 Å². The molecule has 0 radical (unpaired) electrons.